The van der Waals surface area contributed by atoms with E-state index in [1.807, 2.05) is 0 Å². The van der Waals surface area contributed by atoms with Gasteiger partial charge in [0.2, 0.25) is 0 Å². The molecule has 1 spiro atoms. The maximum Gasteiger partial charge on any atom is 0.164 e. The Bertz CT molecular complexity index is 2900. The van der Waals surface area contributed by atoms with Crippen LogP contribution in [0.2, 0.25) is 0 Å². The minimum absolute atomic E-state index is 0.0116. The van der Waals surface area contributed by atoms with Gasteiger partial charge in [0.05, 0.1) is 0 Å². The average Bonchev–Trinajstić information content (AvgIpc) is 3.67. The lowest BCUT2D eigenvalue weighted by molar-refractivity contribution is -0.0397. The van der Waals surface area contributed by atoms with Crippen LogP contribution in [0.5, 0.6) is 0 Å². The molecule has 0 amide bonds. The van der Waals surface area contributed by atoms with Gasteiger partial charge in [0, 0.05) is 27.5 Å². The Morgan fingerprint density at radius 3 is 1.51 bits per heavy atom. The van der Waals surface area contributed by atoms with Gasteiger partial charge in [0.1, 0.15) is 0 Å². The minimum Gasteiger partial charge on any atom is -0.208 e. The smallest absolute Gasteiger partial charge is 0.164 e. The van der Waals surface area contributed by atoms with Crippen molar-refractivity contribution in [1.82, 2.24) is 15.0 Å². The molecule has 3 nitrogen and oxygen atoms in total. The van der Waals surface area contributed by atoms with Gasteiger partial charge in [-0.2, -0.15) is 0 Å². The van der Waals surface area contributed by atoms with Gasteiger partial charge in [0.15, 0.2) is 17.5 Å². The zero-order valence-electron chi connectivity index (χ0n) is 32.5. The number of benzene rings is 7. The largest absolute Gasteiger partial charge is 0.208 e. The molecule has 0 N–H and O–H groups in total. The van der Waals surface area contributed by atoms with E-state index in [4.69, 9.17) is 15.0 Å². The van der Waals surface area contributed by atoms with Gasteiger partial charge < -0.3 is 0 Å². The lowest BCUT2D eigenvalue weighted by Crippen LogP contribution is -2.55. The second-order valence-electron chi connectivity index (χ2n) is 18.4. The molecule has 7 aromatic carbocycles. The summed E-state index contributed by atoms with van der Waals surface area (Å²) < 4.78 is 0. The summed E-state index contributed by atoms with van der Waals surface area (Å²) in [5.74, 6) is 5.20. The van der Waals surface area contributed by atoms with Gasteiger partial charge in [-0.3, -0.25) is 0 Å². The van der Waals surface area contributed by atoms with E-state index in [2.05, 4.69) is 153 Å². The van der Waals surface area contributed by atoms with Crippen molar-refractivity contribution >= 4 is 21.5 Å². The predicted molar refractivity (Wildman–Crippen MR) is 232 cm³/mol. The van der Waals surface area contributed by atoms with Crippen LogP contribution in [-0.2, 0) is 10.8 Å². The quantitative estimate of drug-likeness (QED) is 0.181. The fourth-order valence-electron chi connectivity index (χ4n) is 13.1. The predicted octanol–water partition coefficient (Wildman–Crippen LogP) is 13.2. The third-order valence-corrected chi connectivity index (χ3v) is 15.2. The summed E-state index contributed by atoms with van der Waals surface area (Å²) in [7, 11) is 0. The summed E-state index contributed by atoms with van der Waals surface area (Å²) in [6, 6.07) is 51.6. The number of hydrogen-bond acceptors (Lipinski definition) is 3. The van der Waals surface area contributed by atoms with E-state index in [0.29, 0.717) is 23.5 Å². The van der Waals surface area contributed by atoms with Crippen molar-refractivity contribution in [2.45, 2.75) is 56.8 Å². The maximum atomic E-state index is 5.54. The average molecular weight is 734 g/mol. The first-order chi connectivity index (χ1) is 27.9. The maximum absolute atomic E-state index is 5.54. The summed E-state index contributed by atoms with van der Waals surface area (Å²) >= 11 is 0. The Kier molecular flexibility index (Phi) is 6.41. The molecule has 0 unspecified atom stereocenters. The lowest BCUT2D eigenvalue weighted by Gasteiger charge is -2.61. The second kappa shape index (κ2) is 11.3. The Hall–Kier alpha value is -5.93. The van der Waals surface area contributed by atoms with Crippen molar-refractivity contribution in [1.29, 1.82) is 0 Å². The SMILES string of the molecule is CC1(C)c2ccccc2-c2c1cc(-c1nc(-c3ccc4ccccc4c3)nc(-c3ccc4ccccc4c3)n1)c1c2C2(c3ccccc3-1)C1CC3CC(C1)CC2C3. The molecule has 0 saturated heterocycles. The number of rotatable bonds is 3. The third kappa shape index (κ3) is 4.30. The van der Waals surface area contributed by atoms with Gasteiger partial charge in [0.25, 0.3) is 0 Å². The summed E-state index contributed by atoms with van der Waals surface area (Å²) in [5, 5.41) is 4.78. The molecule has 6 aliphatic rings. The molecule has 3 heteroatoms. The van der Waals surface area contributed by atoms with Crippen LogP contribution in [0.4, 0.5) is 0 Å². The molecule has 0 radical (unpaired) electrons. The van der Waals surface area contributed by atoms with Gasteiger partial charge >= 0.3 is 0 Å². The molecule has 4 saturated carbocycles. The number of fused-ring (bicyclic) bond motifs is 9. The Balaban J connectivity index is 1.14. The van der Waals surface area contributed by atoms with E-state index in [0.717, 1.165) is 34.4 Å². The van der Waals surface area contributed by atoms with E-state index < -0.39 is 0 Å². The molecule has 6 aliphatic carbocycles. The zero-order valence-corrected chi connectivity index (χ0v) is 32.5. The number of aromatic nitrogens is 3. The minimum atomic E-state index is -0.174. The molecule has 0 aliphatic heterocycles. The molecular weight excluding hydrogens is 691 g/mol. The first kappa shape index (κ1) is 32.2. The van der Waals surface area contributed by atoms with Gasteiger partial charge in [-0.15, -0.1) is 0 Å². The van der Waals surface area contributed by atoms with Crippen molar-refractivity contribution < 1.29 is 0 Å². The van der Waals surface area contributed by atoms with E-state index in [1.165, 1.54) is 87.0 Å². The zero-order chi connectivity index (χ0) is 37.6. The fraction of sp³-hybridized carbons (Fsp3) is 0.241. The standard InChI is InChI=1S/C54H43N3/c1-53(2)44-17-9-7-15-41(44)48-46(53)30-43(47-42-16-8-10-18-45(42)54(49(47)48)39-24-31-23-32(26-39)27-40(54)25-31)52-56-50(37-21-19-33-11-3-5-13-35(33)28-37)55-51(57-52)38-22-20-34-12-4-6-14-36(34)29-38/h3-22,28-32,39-40H,23-27H2,1-2H3. The molecule has 4 fully saturated rings. The number of hydrogen-bond donors (Lipinski definition) is 0. The van der Waals surface area contributed by atoms with Crippen LogP contribution in [0.15, 0.2) is 140 Å². The molecular formula is C54H43N3. The van der Waals surface area contributed by atoms with Crippen LogP contribution in [-0.4, -0.2) is 15.0 Å². The van der Waals surface area contributed by atoms with Gasteiger partial charge in [-0.05, 0) is 140 Å². The molecule has 1 heterocycles. The van der Waals surface area contributed by atoms with E-state index >= 15 is 0 Å². The molecule has 4 bridgehead atoms. The van der Waals surface area contributed by atoms with Gasteiger partial charge in [-0.25, -0.2) is 15.0 Å². The van der Waals surface area contributed by atoms with Crippen molar-refractivity contribution in [3.8, 4) is 56.4 Å². The first-order valence-electron chi connectivity index (χ1n) is 21.1. The highest BCUT2D eigenvalue weighted by Crippen LogP contribution is 2.72. The molecule has 14 rings (SSSR count). The van der Waals surface area contributed by atoms with Crippen LogP contribution in [0, 0.1) is 23.7 Å². The van der Waals surface area contributed by atoms with E-state index in [1.54, 1.807) is 11.1 Å². The van der Waals surface area contributed by atoms with E-state index in [9.17, 15) is 0 Å². The monoisotopic (exact) mass is 733 g/mol. The summed E-state index contributed by atoms with van der Waals surface area (Å²) in [5.41, 5.74) is 14.6. The highest BCUT2D eigenvalue weighted by molar-refractivity contribution is 6.01. The van der Waals surface area contributed by atoms with Crippen LogP contribution < -0.4 is 0 Å². The molecule has 0 atom stereocenters. The lowest BCUT2D eigenvalue weighted by atomic mass is 9.42. The molecule has 57 heavy (non-hydrogen) atoms. The Morgan fingerprint density at radius 2 is 0.912 bits per heavy atom. The Morgan fingerprint density at radius 1 is 0.421 bits per heavy atom. The van der Waals surface area contributed by atoms with Crippen molar-refractivity contribution in [2.24, 2.45) is 23.7 Å². The third-order valence-electron chi connectivity index (χ3n) is 15.2. The normalized spacial score (nSPS) is 24.2. The molecule has 274 valence electrons. The van der Waals surface area contributed by atoms with Crippen LogP contribution >= 0.6 is 0 Å². The van der Waals surface area contributed by atoms with Crippen molar-refractivity contribution in [3.05, 3.63) is 162 Å². The Labute approximate surface area is 333 Å². The van der Waals surface area contributed by atoms with Gasteiger partial charge in [-0.1, -0.05) is 135 Å². The van der Waals surface area contributed by atoms with Crippen molar-refractivity contribution in [3.63, 3.8) is 0 Å². The van der Waals surface area contributed by atoms with Crippen LogP contribution in [0.3, 0.4) is 0 Å². The molecule has 8 aromatic rings. The summed E-state index contributed by atoms with van der Waals surface area (Å²) in [6.45, 7) is 4.88. The summed E-state index contributed by atoms with van der Waals surface area (Å²) in [6.07, 6.45) is 6.80. The summed E-state index contributed by atoms with van der Waals surface area (Å²) in [4.78, 5) is 16.4. The van der Waals surface area contributed by atoms with Crippen LogP contribution in [0.25, 0.3) is 78.0 Å². The highest BCUT2D eigenvalue weighted by atomic mass is 15.0. The van der Waals surface area contributed by atoms with Crippen LogP contribution in [0.1, 0.15) is 68.2 Å². The van der Waals surface area contributed by atoms with E-state index in [-0.39, 0.29) is 10.8 Å². The van der Waals surface area contributed by atoms with Crippen molar-refractivity contribution in [2.75, 3.05) is 0 Å². The first-order valence-corrected chi connectivity index (χ1v) is 21.1. The molecule has 1 aromatic heterocycles. The topological polar surface area (TPSA) is 38.7 Å². The fourth-order valence-corrected chi connectivity index (χ4v) is 13.1. The second-order valence-corrected chi connectivity index (χ2v) is 18.4. The number of nitrogens with zero attached hydrogens (tertiary/aromatic N) is 3. The highest BCUT2D eigenvalue weighted by Gasteiger charge is 2.63.